The average Bonchev–Trinajstić information content (AvgIpc) is 2.79. The zero-order valence-corrected chi connectivity index (χ0v) is 12.2. The van der Waals surface area contributed by atoms with E-state index in [4.69, 9.17) is 4.74 Å². The lowest BCUT2D eigenvalue weighted by molar-refractivity contribution is 0.229. The van der Waals surface area contributed by atoms with E-state index in [9.17, 15) is 8.42 Å². The standard InChI is InChI=1S/C14H20N2O3S/c17-20(18)10-5-12(11-20)19-14-4-2-1-3-13(14)16-8-6-15-7-9-16/h1-4,12,15H,5-11H2. The summed E-state index contributed by atoms with van der Waals surface area (Å²) >= 11 is 0. The lowest BCUT2D eigenvalue weighted by Gasteiger charge is -2.31. The predicted molar refractivity (Wildman–Crippen MR) is 79.2 cm³/mol. The van der Waals surface area contributed by atoms with Gasteiger partial charge in [0.05, 0.1) is 17.2 Å². The first-order chi connectivity index (χ1) is 9.64. The Balaban J connectivity index is 1.76. The first-order valence-electron chi connectivity index (χ1n) is 7.06. The molecule has 2 fully saturated rings. The number of hydrogen-bond acceptors (Lipinski definition) is 5. The highest BCUT2D eigenvalue weighted by Crippen LogP contribution is 2.30. The SMILES string of the molecule is O=S1(=O)CCC(Oc2ccccc2N2CCNCC2)C1. The van der Waals surface area contributed by atoms with E-state index in [2.05, 4.69) is 10.2 Å². The molecule has 1 unspecified atom stereocenters. The quantitative estimate of drug-likeness (QED) is 0.888. The first kappa shape index (κ1) is 13.7. The minimum Gasteiger partial charge on any atom is -0.487 e. The van der Waals surface area contributed by atoms with Crippen molar-refractivity contribution in [3.8, 4) is 5.75 Å². The zero-order valence-electron chi connectivity index (χ0n) is 11.4. The van der Waals surface area contributed by atoms with Gasteiger partial charge in [-0.3, -0.25) is 0 Å². The summed E-state index contributed by atoms with van der Waals surface area (Å²) in [6, 6.07) is 7.91. The van der Waals surface area contributed by atoms with E-state index in [0.29, 0.717) is 6.42 Å². The summed E-state index contributed by atoms with van der Waals surface area (Å²) in [6.45, 7) is 3.82. The number of anilines is 1. The minimum atomic E-state index is -2.90. The van der Waals surface area contributed by atoms with Crippen LogP contribution >= 0.6 is 0 Å². The van der Waals surface area contributed by atoms with Crippen molar-refractivity contribution in [1.82, 2.24) is 5.32 Å². The van der Waals surface area contributed by atoms with Gasteiger partial charge in [0.25, 0.3) is 0 Å². The van der Waals surface area contributed by atoms with Gasteiger partial charge < -0.3 is 15.0 Å². The lowest BCUT2D eigenvalue weighted by Crippen LogP contribution is -2.43. The highest BCUT2D eigenvalue weighted by molar-refractivity contribution is 7.91. The third-order valence-corrected chi connectivity index (χ3v) is 5.54. The summed E-state index contributed by atoms with van der Waals surface area (Å²) in [7, 11) is -2.90. The molecule has 0 radical (unpaired) electrons. The average molecular weight is 296 g/mol. The molecule has 5 nitrogen and oxygen atoms in total. The van der Waals surface area contributed by atoms with Crippen molar-refractivity contribution in [2.24, 2.45) is 0 Å². The van der Waals surface area contributed by atoms with Gasteiger partial charge >= 0.3 is 0 Å². The molecule has 2 heterocycles. The van der Waals surface area contributed by atoms with E-state index < -0.39 is 9.84 Å². The van der Waals surface area contributed by atoms with Crippen LogP contribution in [0, 0.1) is 0 Å². The maximum Gasteiger partial charge on any atom is 0.154 e. The third-order valence-electron chi connectivity index (χ3n) is 3.81. The molecule has 1 atom stereocenters. The maximum absolute atomic E-state index is 11.5. The number of para-hydroxylation sites is 2. The summed E-state index contributed by atoms with van der Waals surface area (Å²) in [5.41, 5.74) is 1.07. The van der Waals surface area contributed by atoms with Crippen molar-refractivity contribution in [2.45, 2.75) is 12.5 Å². The molecule has 0 spiro atoms. The summed E-state index contributed by atoms with van der Waals surface area (Å²) < 4.78 is 29.0. The Hall–Kier alpha value is -1.27. The van der Waals surface area contributed by atoms with Gasteiger partial charge in [-0.2, -0.15) is 0 Å². The molecule has 0 bridgehead atoms. The van der Waals surface area contributed by atoms with Crippen molar-refractivity contribution in [2.75, 3.05) is 42.6 Å². The van der Waals surface area contributed by atoms with Crippen LogP contribution in [-0.4, -0.2) is 52.2 Å². The molecule has 3 rings (SSSR count). The van der Waals surface area contributed by atoms with Crippen LogP contribution in [0.3, 0.4) is 0 Å². The molecule has 2 saturated heterocycles. The van der Waals surface area contributed by atoms with Gasteiger partial charge in [-0.05, 0) is 18.6 Å². The number of nitrogens with one attached hydrogen (secondary N) is 1. The molecule has 0 amide bonds. The number of piperazine rings is 1. The largest absolute Gasteiger partial charge is 0.487 e. The Labute approximate surface area is 119 Å². The molecule has 20 heavy (non-hydrogen) atoms. The van der Waals surface area contributed by atoms with Gasteiger partial charge in [0, 0.05) is 26.2 Å². The van der Waals surface area contributed by atoms with Gasteiger partial charge in [0.1, 0.15) is 11.9 Å². The summed E-state index contributed by atoms with van der Waals surface area (Å²) in [4.78, 5) is 2.29. The summed E-state index contributed by atoms with van der Waals surface area (Å²) in [5, 5.41) is 3.33. The van der Waals surface area contributed by atoms with Crippen molar-refractivity contribution >= 4 is 15.5 Å². The van der Waals surface area contributed by atoms with Crippen LogP contribution in [0.1, 0.15) is 6.42 Å². The normalized spacial score (nSPS) is 25.6. The first-order valence-corrected chi connectivity index (χ1v) is 8.88. The van der Waals surface area contributed by atoms with Gasteiger partial charge in [0.2, 0.25) is 0 Å². The molecular formula is C14H20N2O3S. The van der Waals surface area contributed by atoms with Crippen LogP contribution in [0.25, 0.3) is 0 Å². The molecule has 6 heteroatoms. The highest BCUT2D eigenvalue weighted by Gasteiger charge is 2.30. The predicted octanol–water partition coefficient (Wildman–Crippen LogP) is 0.662. The van der Waals surface area contributed by atoms with E-state index in [1.165, 1.54) is 0 Å². The fourth-order valence-corrected chi connectivity index (χ4v) is 4.35. The van der Waals surface area contributed by atoms with Crippen LogP contribution in [-0.2, 0) is 9.84 Å². The maximum atomic E-state index is 11.5. The van der Waals surface area contributed by atoms with Crippen molar-refractivity contribution in [3.63, 3.8) is 0 Å². The molecule has 1 aromatic rings. The van der Waals surface area contributed by atoms with E-state index in [1.807, 2.05) is 24.3 Å². The Morgan fingerprint density at radius 1 is 1.20 bits per heavy atom. The van der Waals surface area contributed by atoms with Crippen LogP contribution in [0.4, 0.5) is 5.69 Å². The summed E-state index contributed by atoms with van der Waals surface area (Å²) in [6.07, 6.45) is 0.391. The van der Waals surface area contributed by atoms with Crippen LogP contribution in [0.2, 0.25) is 0 Å². The molecule has 2 aliphatic heterocycles. The van der Waals surface area contributed by atoms with Crippen LogP contribution < -0.4 is 15.0 Å². The number of sulfone groups is 1. The van der Waals surface area contributed by atoms with Crippen molar-refractivity contribution < 1.29 is 13.2 Å². The van der Waals surface area contributed by atoms with Gasteiger partial charge in [-0.15, -0.1) is 0 Å². The number of rotatable bonds is 3. The van der Waals surface area contributed by atoms with Crippen LogP contribution in [0.5, 0.6) is 5.75 Å². The number of hydrogen-bond donors (Lipinski definition) is 1. The van der Waals surface area contributed by atoms with Crippen molar-refractivity contribution in [3.05, 3.63) is 24.3 Å². The molecule has 1 aromatic carbocycles. The van der Waals surface area contributed by atoms with E-state index >= 15 is 0 Å². The number of ether oxygens (including phenoxy) is 1. The molecule has 0 saturated carbocycles. The Morgan fingerprint density at radius 3 is 2.65 bits per heavy atom. The second-order valence-corrected chi connectivity index (χ2v) is 7.58. The van der Waals surface area contributed by atoms with E-state index in [0.717, 1.165) is 37.6 Å². The Morgan fingerprint density at radius 2 is 1.95 bits per heavy atom. The van der Waals surface area contributed by atoms with E-state index in [-0.39, 0.29) is 17.6 Å². The molecular weight excluding hydrogens is 276 g/mol. The summed E-state index contributed by atoms with van der Waals surface area (Å²) in [5.74, 6) is 1.19. The fourth-order valence-electron chi connectivity index (χ4n) is 2.76. The number of benzene rings is 1. The Kier molecular flexibility index (Phi) is 3.85. The molecule has 0 aromatic heterocycles. The van der Waals surface area contributed by atoms with Gasteiger partial charge in [-0.25, -0.2) is 8.42 Å². The smallest absolute Gasteiger partial charge is 0.154 e. The Bertz CT molecular complexity index is 568. The minimum absolute atomic E-state index is 0.142. The zero-order chi connectivity index (χ0) is 14.0. The fraction of sp³-hybridized carbons (Fsp3) is 0.571. The lowest BCUT2D eigenvalue weighted by atomic mass is 10.2. The molecule has 0 aliphatic carbocycles. The van der Waals surface area contributed by atoms with Crippen LogP contribution in [0.15, 0.2) is 24.3 Å². The third kappa shape index (κ3) is 3.07. The topological polar surface area (TPSA) is 58.6 Å². The monoisotopic (exact) mass is 296 g/mol. The number of nitrogens with zero attached hydrogens (tertiary/aromatic N) is 1. The molecule has 1 N–H and O–H groups in total. The molecule has 2 aliphatic rings. The molecule has 110 valence electrons. The van der Waals surface area contributed by atoms with Crippen molar-refractivity contribution in [1.29, 1.82) is 0 Å². The second-order valence-electron chi connectivity index (χ2n) is 5.35. The van der Waals surface area contributed by atoms with E-state index in [1.54, 1.807) is 0 Å². The van der Waals surface area contributed by atoms with Gasteiger partial charge in [0.15, 0.2) is 9.84 Å². The van der Waals surface area contributed by atoms with Gasteiger partial charge in [-0.1, -0.05) is 12.1 Å². The highest BCUT2D eigenvalue weighted by atomic mass is 32.2. The second kappa shape index (κ2) is 5.61.